The van der Waals surface area contributed by atoms with Gasteiger partial charge in [0, 0.05) is 28.4 Å². The molecule has 0 saturated carbocycles. The van der Waals surface area contributed by atoms with E-state index < -0.39 is 16.5 Å². The van der Waals surface area contributed by atoms with Gasteiger partial charge in [0.05, 0.1) is 12.2 Å². The van der Waals surface area contributed by atoms with Crippen LogP contribution in [0.15, 0.2) is 60.7 Å². The van der Waals surface area contributed by atoms with Gasteiger partial charge in [-0.15, -0.1) is 11.8 Å². The van der Waals surface area contributed by atoms with Crippen molar-refractivity contribution in [3.8, 4) is 0 Å². The number of rotatable bonds is 3. The van der Waals surface area contributed by atoms with E-state index in [0.29, 0.717) is 34.1 Å². The highest BCUT2D eigenvalue weighted by molar-refractivity contribution is 8.01. The van der Waals surface area contributed by atoms with Gasteiger partial charge >= 0.3 is 0 Å². The number of carbonyl (C=O) groups is 2. The molecule has 1 spiro atoms. The van der Waals surface area contributed by atoms with Crippen molar-refractivity contribution in [2.75, 3.05) is 17.2 Å². The maximum absolute atomic E-state index is 14.0. The fraction of sp³-hybridized carbons (Fsp3) is 0.200. The Morgan fingerprint density at radius 3 is 2.55 bits per heavy atom. The van der Waals surface area contributed by atoms with Gasteiger partial charge in [0.25, 0.3) is 11.8 Å². The minimum Gasteiger partial charge on any atom is -0.311 e. The van der Waals surface area contributed by atoms with Crippen LogP contribution in [0.4, 0.5) is 14.5 Å². The molecule has 2 aliphatic heterocycles. The van der Waals surface area contributed by atoms with Crippen LogP contribution in [0.25, 0.3) is 0 Å². The molecule has 2 amide bonds. The summed E-state index contributed by atoms with van der Waals surface area (Å²) < 4.78 is 27.3. The van der Waals surface area contributed by atoms with Gasteiger partial charge in [-0.3, -0.25) is 9.59 Å². The second-order valence-corrected chi connectivity index (χ2v) is 9.84. The average molecular weight is 485 g/mol. The van der Waals surface area contributed by atoms with Crippen LogP contribution in [-0.4, -0.2) is 29.0 Å². The standard InChI is InChI=1S/C25H19ClF2N2O2S/c1-15-2-9-22-19(12-15)25(24(32)29(22)14-16-3-8-20(27)21(28)13-16)30(10-11-33-25)23(31)17-4-6-18(26)7-5-17/h2-9,12-13H,10-11,14H2,1H3. The number of halogens is 3. The first-order chi connectivity index (χ1) is 15.8. The predicted molar refractivity (Wildman–Crippen MR) is 125 cm³/mol. The van der Waals surface area contributed by atoms with Gasteiger partial charge in [0.2, 0.25) is 0 Å². The average Bonchev–Trinajstić information content (AvgIpc) is 3.33. The second-order valence-electron chi connectivity index (χ2n) is 8.12. The van der Waals surface area contributed by atoms with Gasteiger partial charge in [-0.05, 0) is 55.0 Å². The molecule has 1 unspecified atom stereocenters. The molecule has 8 heteroatoms. The van der Waals surface area contributed by atoms with E-state index in [1.807, 2.05) is 25.1 Å². The first-order valence-corrected chi connectivity index (χ1v) is 11.8. The summed E-state index contributed by atoms with van der Waals surface area (Å²) in [6.07, 6.45) is 0. The number of anilines is 1. The van der Waals surface area contributed by atoms with Gasteiger partial charge in [-0.25, -0.2) is 8.78 Å². The Balaban J connectivity index is 1.59. The van der Waals surface area contributed by atoms with Crippen LogP contribution in [0.2, 0.25) is 5.02 Å². The summed E-state index contributed by atoms with van der Waals surface area (Å²) in [5.74, 6) is -1.83. The summed E-state index contributed by atoms with van der Waals surface area (Å²) in [6, 6.07) is 15.9. The fourth-order valence-electron chi connectivity index (χ4n) is 4.45. The molecule has 3 aromatic carbocycles. The molecule has 0 radical (unpaired) electrons. The summed E-state index contributed by atoms with van der Waals surface area (Å²) >= 11 is 7.40. The third-order valence-corrected chi connectivity index (χ3v) is 7.68. The number of amides is 2. The highest BCUT2D eigenvalue weighted by atomic mass is 35.5. The van der Waals surface area contributed by atoms with Crippen molar-refractivity contribution in [2.45, 2.75) is 18.3 Å². The molecule has 0 aliphatic carbocycles. The van der Waals surface area contributed by atoms with Crippen molar-refractivity contribution in [2.24, 2.45) is 0 Å². The first-order valence-electron chi connectivity index (χ1n) is 10.4. The van der Waals surface area contributed by atoms with Crippen molar-refractivity contribution in [3.05, 3.63) is 99.6 Å². The molecule has 3 aromatic rings. The SMILES string of the molecule is Cc1ccc2c(c1)C1(SCCN1C(=O)c1ccc(Cl)cc1)C(=O)N2Cc1ccc(F)c(F)c1. The van der Waals surface area contributed by atoms with E-state index in [9.17, 15) is 18.4 Å². The van der Waals surface area contributed by atoms with Gasteiger partial charge < -0.3 is 9.80 Å². The minimum absolute atomic E-state index is 0.0668. The number of aryl methyl sites for hydroxylation is 1. The molecule has 1 saturated heterocycles. The molecule has 0 aromatic heterocycles. The Bertz CT molecular complexity index is 1280. The molecule has 5 rings (SSSR count). The molecule has 168 valence electrons. The van der Waals surface area contributed by atoms with Gasteiger partial charge in [-0.2, -0.15) is 0 Å². The molecule has 4 nitrogen and oxygen atoms in total. The largest absolute Gasteiger partial charge is 0.311 e. The van der Waals surface area contributed by atoms with E-state index in [1.54, 1.807) is 34.1 Å². The smallest absolute Gasteiger partial charge is 0.268 e. The maximum Gasteiger partial charge on any atom is 0.268 e. The van der Waals surface area contributed by atoms with Gasteiger partial charge in [0.15, 0.2) is 16.5 Å². The van der Waals surface area contributed by atoms with Gasteiger partial charge in [-0.1, -0.05) is 35.4 Å². The number of hydrogen-bond acceptors (Lipinski definition) is 3. The highest BCUT2D eigenvalue weighted by Gasteiger charge is 2.59. The summed E-state index contributed by atoms with van der Waals surface area (Å²) in [7, 11) is 0. The third kappa shape index (κ3) is 3.50. The van der Waals surface area contributed by atoms with E-state index in [-0.39, 0.29) is 18.4 Å². The lowest BCUT2D eigenvalue weighted by molar-refractivity contribution is -0.123. The highest BCUT2D eigenvalue weighted by Crippen LogP contribution is 2.55. The summed E-state index contributed by atoms with van der Waals surface area (Å²) in [6.45, 7) is 2.41. The molecular weight excluding hydrogens is 466 g/mol. The number of hydrogen-bond donors (Lipinski definition) is 0. The van der Waals surface area contributed by atoms with Crippen LogP contribution in [0.5, 0.6) is 0 Å². The first kappa shape index (κ1) is 21.9. The van der Waals surface area contributed by atoms with Crippen molar-refractivity contribution < 1.29 is 18.4 Å². The Morgan fingerprint density at radius 2 is 1.82 bits per heavy atom. The Labute approximate surface area is 199 Å². The lowest BCUT2D eigenvalue weighted by Crippen LogP contribution is -2.50. The van der Waals surface area contributed by atoms with Crippen LogP contribution in [0.1, 0.15) is 27.0 Å². The number of nitrogens with zero attached hydrogens (tertiary/aromatic N) is 2. The minimum atomic E-state index is -1.21. The normalized spacial score (nSPS) is 19.5. The van der Waals surface area contributed by atoms with Crippen molar-refractivity contribution in [1.82, 2.24) is 4.90 Å². The summed E-state index contributed by atoms with van der Waals surface area (Å²) in [4.78, 5) is 29.5. The number of fused-ring (bicyclic) bond motifs is 2. The van der Waals surface area contributed by atoms with Crippen molar-refractivity contribution in [3.63, 3.8) is 0 Å². The molecule has 2 heterocycles. The molecule has 33 heavy (non-hydrogen) atoms. The Kier molecular flexibility index (Phi) is 5.41. The molecule has 0 N–H and O–H groups in total. The molecule has 1 fully saturated rings. The molecular formula is C25H19ClF2N2O2S. The monoisotopic (exact) mass is 484 g/mol. The van der Waals surface area contributed by atoms with Crippen LogP contribution in [0.3, 0.4) is 0 Å². The fourth-order valence-corrected chi connectivity index (χ4v) is 6.03. The van der Waals surface area contributed by atoms with E-state index in [4.69, 9.17) is 11.6 Å². The maximum atomic E-state index is 14.0. The lowest BCUT2D eigenvalue weighted by atomic mass is 10.0. The van der Waals surface area contributed by atoms with E-state index in [0.717, 1.165) is 23.3 Å². The Morgan fingerprint density at radius 1 is 1.06 bits per heavy atom. The van der Waals surface area contributed by atoms with Crippen molar-refractivity contribution >= 4 is 40.9 Å². The van der Waals surface area contributed by atoms with E-state index in [1.165, 1.54) is 17.8 Å². The Hall–Kier alpha value is -2.90. The van der Waals surface area contributed by atoms with Crippen LogP contribution >= 0.6 is 23.4 Å². The number of benzene rings is 3. The molecule has 2 aliphatic rings. The van der Waals surface area contributed by atoms with Crippen LogP contribution < -0.4 is 4.90 Å². The predicted octanol–water partition coefficient (Wildman–Crippen LogP) is 5.52. The zero-order valence-corrected chi connectivity index (χ0v) is 19.2. The second kappa shape index (κ2) is 8.15. The quantitative estimate of drug-likeness (QED) is 0.492. The zero-order valence-electron chi connectivity index (χ0n) is 17.6. The molecule has 0 bridgehead atoms. The van der Waals surface area contributed by atoms with Gasteiger partial charge in [0.1, 0.15) is 0 Å². The van der Waals surface area contributed by atoms with Crippen LogP contribution in [0, 0.1) is 18.6 Å². The topological polar surface area (TPSA) is 40.6 Å². The zero-order chi connectivity index (χ0) is 23.3. The van der Waals surface area contributed by atoms with Crippen molar-refractivity contribution in [1.29, 1.82) is 0 Å². The third-order valence-electron chi connectivity index (χ3n) is 6.01. The summed E-state index contributed by atoms with van der Waals surface area (Å²) in [5, 5.41) is 0.521. The summed E-state index contributed by atoms with van der Waals surface area (Å²) in [5.41, 5.74) is 3.27. The lowest BCUT2D eigenvalue weighted by Gasteiger charge is -2.33. The number of thioether (sulfide) groups is 1. The van der Waals surface area contributed by atoms with E-state index >= 15 is 0 Å². The van der Waals surface area contributed by atoms with Crippen LogP contribution in [-0.2, 0) is 16.2 Å². The number of carbonyl (C=O) groups excluding carboxylic acids is 2. The molecule has 1 atom stereocenters. The van der Waals surface area contributed by atoms with E-state index in [2.05, 4.69) is 0 Å².